The molecule has 3 rings (SSSR count). The number of hydrogen-bond acceptors (Lipinski definition) is 5. The van der Waals surface area contributed by atoms with Gasteiger partial charge in [-0.1, -0.05) is 60.2 Å². The predicted octanol–water partition coefficient (Wildman–Crippen LogP) is 2.42. The van der Waals surface area contributed by atoms with Gasteiger partial charge in [0.15, 0.2) is 16.4 Å². The fraction of sp³-hybridized carbons (Fsp3) is 0.273. The number of carbonyl (C=O) groups is 2. The smallest absolute Gasteiger partial charge is 0.310 e. The molecule has 0 bridgehead atoms. The van der Waals surface area contributed by atoms with E-state index in [1.807, 2.05) is 61.5 Å². The van der Waals surface area contributed by atoms with Crippen LogP contribution in [0.15, 0.2) is 66.1 Å². The number of nitrogens with zero attached hydrogens (tertiary/aromatic N) is 1. The molecule has 2 aromatic rings. The maximum atomic E-state index is 12.8. The van der Waals surface area contributed by atoms with Crippen LogP contribution in [0.25, 0.3) is 0 Å². The third-order valence-corrected chi connectivity index (χ3v) is 6.03. The molecule has 2 aromatic carbocycles. The molecule has 0 saturated heterocycles. The lowest BCUT2D eigenvalue weighted by Crippen LogP contribution is -2.42. The third kappa shape index (κ3) is 6.02. The molecule has 6 nitrogen and oxygen atoms in total. The van der Waals surface area contributed by atoms with Gasteiger partial charge in [-0.3, -0.25) is 9.59 Å². The second kappa shape index (κ2) is 9.05. The molecule has 1 atom stereocenters. The molecule has 1 heterocycles. The van der Waals surface area contributed by atoms with Crippen LogP contribution in [0.4, 0.5) is 0 Å². The Hall–Kier alpha value is -2.93. The van der Waals surface area contributed by atoms with Crippen LogP contribution in [0.3, 0.4) is 0 Å². The number of amides is 1. The Morgan fingerprint density at radius 2 is 1.72 bits per heavy atom. The molecule has 152 valence electrons. The van der Waals surface area contributed by atoms with Crippen molar-refractivity contribution < 1.29 is 22.7 Å². The van der Waals surface area contributed by atoms with Gasteiger partial charge in [-0.15, -0.1) is 0 Å². The average molecular weight is 413 g/mol. The van der Waals surface area contributed by atoms with E-state index in [4.69, 9.17) is 4.74 Å². The quantitative estimate of drug-likeness (QED) is 0.651. The summed E-state index contributed by atoms with van der Waals surface area (Å²) in [6.07, 6.45) is 1.58. The van der Waals surface area contributed by atoms with Crippen molar-refractivity contribution in [1.82, 2.24) is 4.90 Å². The number of esters is 1. The first-order chi connectivity index (χ1) is 13.8. The largest absolute Gasteiger partial charge is 0.455 e. The summed E-state index contributed by atoms with van der Waals surface area (Å²) < 4.78 is 28.8. The standard InChI is InChI=1S/C22H23NO5S/c1-17-7-9-18(10-8-17)13-22(25)28-15-21(24)23(14-19-5-3-2-4-6-19)20-11-12-29(26,27)16-20/h2-12,20H,13-16H2,1H3/t20-/m0/s1. The van der Waals surface area contributed by atoms with Gasteiger partial charge in [0.2, 0.25) is 0 Å². The van der Waals surface area contributed by atoms with Crippen molar-refractivity contribution in [3.63, 3.8) is 0 Å². The van der Waals surface area contributed by atoms with Crippen molar-refractivity contribution >= 4 is 21.7 Å². The molecule has 1 aliphatic rings. The summed E-state index contributed by atoms with van der Waals surface area (Å²) >= 11 is 0. The van der Waals surface area contributed by atoms with E-state index >= 15 is 0 Å². The maximum absolute atomic E-state index is 12.8. The minimum Gasteiger partial charge on any atom is -0.455 e. The topological polar surface area (TPSA) is 80.8 Å². The Bertz CT molecular complexity index is 997. The Morgan fingerprint density at radius 1 is 1.03 bits per heavy atom. The summed E-state index contributed by atoms with van der Waals surface area (Å²) in [5.41, 5.74) is 2.76. The zero-order valence-electron chi connectivity index (χ0n) is 16.2. The Balaban J connectivity index is 1.63. The zero-order valence-corrected chi connectivity index (χ0v) is 17.0. The van der Waals surface area contributed by atoms with Crippen LogP contribution in [-0.2, 0) is 37.1 Å². The highest BCUT2D eigenvalue weighted by atomic mass is 32.2. The molecule has 0 unspecified atom stereocenters. The summed E-state index contributed by atoms with van der Waals surface area (Å²) in [7, 11) is -3.32. The van der Waals surface area contributed by atoms with Gasteiger partial charge in [0.25, 0.3) is 5.91 Å². The first-order valence-electron chi connectivity index (χ1n) is 9.28. The van der Waals surface area contributed by atoms with E-state index in [-0.39, 0.29) is 18.7 Å². The number of carbonyl (C=O) groups excluding carboxylic acids is 2. The predicted molar refractivity (Wildman–Crippen MR) is 110 cm³/mol. The van der Waals surface area contributed by atoms with Crippen molar-refractivity contribution in [2.45, 2.75) is 25.9 Å². The van der Waals surface area contributed by atoms with Crippen LogP contribution in [0, 0.1) is 6.92 Å². The van der Waals surface area contributed by atoms with Gasteiger partial charge in [-0.25, -0.2) is 8.42 Å². The monoisotopic (exact) mass is 413 g/mol. The van der Waals surface area contributed by atoms with Crippen molar-refractivity contribution in [3.05, 3.63) is 82.8 Å². The number of rotatable bonds is 7. The molecule has 0 spiro atoms. The van der Waals surface area contributed by atoms with Crippen molar-refractivity contribution in [2.75, 3.05) is 12.4 Å². The van der Waals surface area contributed by atoms with Crippen LogP contribution < -0.4 is 0 Å². The molecule has 29 heavy (non-hydrogen) atoms. The minimum absolute atomic E-state index is 0.0734. The van der Waals surface area contributed by atoms with Gasteiger partial charge in [0.05, 0.1) is 18.2 Å². The van der Waals surface area contributed by atoms with Gasteiger partial charge in [0, 0.05) is 12.0 Å². The lowest BCUT2D eigenvalue weighted by atomic mass is 10.1. The Morgan fingerprint density at radius 3 is 2.34 bits per heavy atom. The van der Waals surface area contributed by atoms with Crippen molar-refractivity contribution in [3.8, 4) is 0 Å². The summed E-state index contributed by atoms with van der Waals surface area (Å²) in [6, 6.07) is 16.2. The van der Waals surface area contributed by atoms with Gasteiger partial charge in [0.1, 0.15) is 0 Å². The van der Waals surface area contributed by atoms with E-state index in [0.29, 0.717) is 0 Å². The number of benzene rings is 2. The Labute approximate surface area is 170 Å². The van der Waals surface area contributed by atoms with E-state index in [9.17, 15) is 18.0 Å². The summed E-state index contributed by atoms with van der Waals surface area (Å²) in [5.74, 6) is -1.10. The second-order valence-corrected chi connectivity index (χ2v) is 8.99. The fourth-order valence-corrected chi connectivity index (χ4v) is 4.37. The normalized spacial score (nSPS) is 17.1. The lowest BCUT2D eigenvalue weighted by molar-refractivity contribution is -0.152. The van der Waals surface area contributed by atoms with E-state index in [1.54, 1.807) is 0 Å². The van der Waals surface area contributed by atoms with Crippen LogP contribution in [0.1, 0.15) is 16.7 Å². The zero-order chi connectivity index (χ0) is 20.9. The lowest BCUT2D eigenvalue weighted by Gasteiger charge is -2.27. The van der Waals surface area contributed by atoms with Crippen molar-refractivity contribution in [1.29, 1.82) is 0 Å². The highest BCUT2D eigenvalue weighted by Crippen LogP contribution is 2.18. The van der Waals surface area contributed by atoms with Crippen LogP contribution in [0.2, 0.25) is 0 Å². The molecule has 0 fully saturated rings. The average Bonchev–Trinajstić information content (AvgIpc) is 3.06. The fourth-order valence-electron chi connectivity index (χ4n) is 3.07. The molecule has 7 heteroatoms. The third-order valence-electron chi connectivity index (χ3n) is 4.65. The molecular weight excluding hydrogens is 390 g/mol. The SMILES string of the molecule is Cc1ccc(CC(=O)OCC(=O)N(Cc2ccccc2)[C@H]2C=CS(=O)(=O)C2)cc1. The van der Waals surface area contributed by atoms with Crippen molar-refractivity contribution in [2.24, 2.45) is 0 Å². The van der Waals surface area contributed by atoms with Crippen LogP contribution >= 0.6 is 0 Å². The Kier molecular flexibility index (Phi) is 6.49. The summed E-state index contributed by atoms with van der Waals surface area (Å²) in [5, 5.41) is 1.13. The number of hydrogen-bond donors (Lipinski definition) is 0. The van der Waals surface area contributed by atoms with Gasteiger partial charge >= 0.3 is 5.97 Å². The maximum Gasteiger partial charge on any atom is 0.310 e. The molecular formula is C22H23NO5S. The van der Waals surface area contributed by atoms with E-state index < -0.39 is 34.4 Å². The highest BCUT2D eigenvalue weighted by Gasteiger charge is 2.30. The first kappa shape index (κ1) is 20.8. The highest BCUT2D eigenvalue weighted by molar-refractivity contribution is 7.94. The van der Waals surface area contributed by atoms with E-state index in [1.165, 1.54) is 11.0 Å². The molecule has 0 saturated carbocycles. The first-order valence-corrected chi connectivity index (χ1v) is 11.0. The van der Waals surface area contributed by atoms with E-state index in [2.05, 4.69) is 0 Å². The van der Waals surface area contributed by atoms with E-state index in [0.717, 1.165) is 22.1 Å². The number of sulfone groups is 1. The van der Waals surface area contributed by atoms with Crippen LogP contribution in [0.5, 0.6) is 0 Å². The molecule has 0 N–H and O–H groups in total. The van der Waals surface area contributed by atoms with Gasteiger partial charge in [-0.05, 0) is 24.1 Å². The molecule has 0 radical (unpaired) electrons. The number of aryl methyl sites for hydroxylation is 1. The molecule has 1 aliphatic heterocycles. The summed E-state index contributed by atoms with van der Waals surface area (Å²) in [6.45, 7) is 1.77. The second-order valence-electron chi connectivity index (χ2n) is 7.06. The molecule has 0 aliphatic carbocycles. The minimum atomic E-state index is -3.32. The summed E-state index contributed by atoms with van der Waals surface area (Å²) in [4.78, 5) is 26.3. The van der Waals surface area contributed by atoms with Gasteiger partial charge < -0.3 is 9.64 Å². The number of ether oxygens (including phenoxy) is 1. The van der Waals surface area contributed by atoms with Crippen LogP contribution in [-0.4, -0.2) is 43.6 Å². The van der Waals surface area contributed by atoms with Gasteiger partial charge in [-0.2, -0.15) is 0 Å². The molecule has 0 aromatic heterocycles. The molecule has 1 amide bonds.